The number of hydrogen-bond donors (Lipinski definition) is 2. The largest absolute Gasteiger partial charge is 0.390 e. The number of nitrogens with zero attached hydrogens (tertiary/aromatic N) is 2. The molecule has 2 rings (SSSR count). The van der Waals surface area contributed by atoms with Gasteiger partial charge in [0.25, 0.3) is 0 Å². The lowest BCUT2D eigenvalue weighted by Crippen LogP contribution is -1.90. The highest BCUT2D eigenvalue weighted by Crippen LogP contribution is 2.20. The molecule has 5 heteroatoms. The number of aromatic nitrogens is 3. The van der Waals surface area contributed by atoms with Crippen molar-refractivity contribution in [3.8, 4) is 11.5 Å². The number of aliphatic hydroxyl groups is 1. The van der Waals surface area contributed by atoms with Crippen LogP contribution >= 0.6 is 15.9 Å². The molecule has 0 aliphatic rings. The number of halogens is 1. The van der Waals surface area contributed by atoms with Gasteiger partial charge in [-0.25, -0.2) is 4.98 Å². The van der Waals surface area contributed by atoms with Crippen LogP contribution < -0.4 is 0 Å². The number of H-pyrrole nitrogens is 1. The highest BCUT2D eigenvalue weighted by atomic mass is 79.9. The minimum atomic E-state index is -0.0391. The molecule has 0 aromatic carbocycles. The fraction of sp³-hybridized carbons (Fsp3) is 0.200. The molecule has 78 valence electrons. The Morgan fingerprint density at radius 2 is 2.20 bits per heavy atom. The standard InChI is InChI=1S/C10H10BrN3O/c1-6-2-7(11)3-12-9(6)10-13-4-8(5-15)14-10/h2-4,15H,5H2,1H3,(H,13,14). The summed E-state index contributed by atoms with van der Waals surface area (Å²) in [5.41, 5.74) is 2.52. The van der Waals surface area contributed by atoms with Crippen molar-refractivity contribution in [2.24, 2.45) is 0 Å². The molecule has 0 amide bonds. The summed E-state index contributed by atoms with van der Waals surface area (Å²) < 4.78 is 0.942. The lowest BCUT2D eigenvalue weighted by Gasteiger charge is -2.01. The number of pyridine rings is 1. The smallest absolute Gasteiger partial charge is 0.156 e. The maximum absolute atomic E-state index is 8.91. The summed E-state index contributed by atoms with van der Waals surface area (Å²) in [6, 6.07) is 1.98. The minimum absolute atomic E-state index is 0.0391. The molecule has 15 heavy (non-hydrogen) atoms. The summed E-state index contributed by atoms with van der Waals surface area (Å²) in [6.07, 6.45) is 3.34. The van der Waals surface area contributed by atoms with Gasteiger partial charge < -0.3 is 10.1 Å². The van der Waals surface area contributed by atoms with Gasteiger partial charge in [0.1, 0.15) is 5.69 Å². The minimum Gasteiger partial charge on any atom is -0.390 e. The van der Waals surface area contributed by atoms with E-state index in [-0.39, 0.29) is 6.61 Å². The summed E-state index contributed by atoms with van der Waals surface area (Å²) in [7, 11) is 0. The lowest BCUT2D eigenvalue weighted by atomic mass is 10.2. The average molecular weight is 268 g/mol. The molecule has 2 aromatic heterocycles. The Hall–Kier alpha value is -1.20. The monoisotopic (exact) mass is 267 g/mol. The molecule has 0 fully saturated rings. The molecule has 0 aliphatic carbocycles. The van der Waals surface area contributed by atoms with Crippen molar-refractivity contribution < 1.29 is 5.11 Å². The number of imidazole rings is 1. The van der Waals surface area contributed by atoms with E-state index in [0.717, 1.165) is 15.7 Å². The number of nitrogens with one attached hydrogen (secondary N) is 1. The number of hydrogen-bond acceptors (Lipinski definition) is 3. The van der Waals surface area contributed by atoms with E-state index in [1.54, 1.807) is 12.4 Å². The van der Waals surface area contributed by atoms with Gasteiger partial charge >= 0.3 is 0 Å². The Bertz CT molecular complexity index is 481. The number of aliphatic hydroxyl groups excluding tert-OH is 1. The maximum atomic E-state index is 8.91. The fourth-order valence-corrected chi connectivity index (χ4v) is 1.79. The number of rotatable bonds is 2. The Kier molecular flexibility index (Phi) is 2.83. The third kappa shape index (κ3) is 2.08. The molecule has 0 bridgehead atoms. The van der Waals surface area contributed by atoms with Crippen LogP contribution in [0.5, 0.6) is 0 Å². The Balaban J connectivity index is 2.44. The molecule has 0 radical (unpaired) electrons. The molecule has 0 saturated heterocycles. The second-order valence-corrected chi connectivity index (χ2v) is 4.15. The van der Waals surface area contributed by atoms with Gasteiger partial charge in [0.15, 0.2) is 5.82 Å². The Morgan fingerprint density at radius 1 is 1.40 bits per heavy atom. The molecule has 2 heterocycles. The van der Waals surface area contributed by atoms with Gasteiger partial charge in [0.2, 0.25) is 0 Å². The first-order chi connectivity index (χ1) is 7.20. The molecule has 0 atom stereocenters. The van der Waals surface area contributed by atoms with Crippen molar-refractivity contribution >= 4 is 15.9 Å². The van der Waals surface area contributed by atoms with Gasteiger partial charge in [-0.1, -0.05) is 0 Å². The molecule has 0 saturated carbocycles. The van der Waals surface area contributed by atoms with Crippen LogP contribution in [-0.4, -0.2) is 20.1 Å². The molecular formula is C10H10BrN3O. The molecule has 0 aliphatic heterocycles. The fourth-order valence-electron chi connectivity index (χ4n) is 1.35. The van der Waals surface area contributed by atoms with Crippen molar-refractivity contribution in [1.82, 2.24) is 15.0 Å². The van der Waals surface area contributed by atoms with Gasteiger partial charge in [0.05, 0.1) is 18.5 Å². The first-order valence-corrected chi connectivity index (χ1v) is 5.27. The van der Waals surface area contributed by atoms with Crippen molar-refractivity contribution in [3.63, 3.8) is 0 Å². The molecule has 4 nitrogen and oxygen atoms in total. The zero-order valence-electron chi connectivity index (χ0n) is 8.16. The van der Waals surface area contributed by atoms with E-state index in [9.17, 15) is 0 Å². The van der Waals surface area contributed by atoms with E-state index in [2.05, 4.69) is 30.9 Å². The highest BCUT2D eigenvalue weighted by molar-refractivity contribution is 9.10. The highest BCUT2D eigenvalue weighted by Gasteiger charge is 2.07. The second-order valence-electron chi connectivity index (χ2n) is 3.23. The van der Waals surface area contributed by atoms with Crippen LogP contribution in [0.2, 0.25) is 0 Å². The third-order valence-electron chi connectivity index (χ3n) is 2.07. The van der Waals surface area contributed by atoms with Crippen LogP contribution in [0, 0.1) is 6.92 Å². The van der Waals surface area contributed by atoms with E-state index >= 15 is 0 Å². The zero-order valence-corrected chi connectivity index (χ0v) is 9.74. The van der Waals surface area contributed by atoms with Crippen LogP contribution in [0.15, 0.2) is 22.9 Å². The SMILES string of the molecule is Cc1cc(Br)cnc1-c1ncc(CO)[nH]1. The topological polar surface area (TPSA) is 61.8 Å². The maximum Gasteiger partial charge on any atom is 0.156 e. The van der Waals surface area contributed by atoms with E-state index in [1.165, 1.54) is 0 Å². The molecule has 0 spiro atoms. The average Bonchev–Trinajstić information content (AvgIpc) is 2.66. The van der Waals surface area contributed by atoms with Crippen LogP contribution in [0.1, 0.15) is 11.3 Å². The first kappa shape index (κ1) is 10.3. The Labute approximate surface area is 95.5 Å². The predicted octanol–water partition coefficient (Wildman–Crippen LogP) is 2.03. The number of aryl methyl sites for hydroxylation is 1. The molecule has 0 unspecified atom stereocenters. The molecular weight excluding hydrogens is 258 g/mol. The van der Waals surface area contributed by atoms with Gasteiger partial charge in [-0.05, 0) is 34.5 Å². The van der Waals surface area contributed by atoms with Gasteiger partial charge in [-0.2, -0.15) is 0 Å². The Morgan fingerprint density at radius 3 is 2.80 bits per heavy atom. The van der Waals surface area contributed by atoms with E-state index in [0.29, 0.717) is 11.5 Å². The molecule has 2 aromatic rings. The molecule has 2 N–H and O–H groups in total. The van der Waals surface area contributed by atoms with Crippen molar-refractivity contribution in [3.05, 3.63) is 34.2 Å². The van der Waals surface area contributed by atoms with Crippen molar-refractivity contribution in [2.75, 3.05) is 0 Å². The number of aromatic amines is 1. The van der Waals surface area contributed by atoms with Crippen LogP contribution in [0.4, 0.5) is 0 Å². The predicted molar refractivity (Wildman–Crippen MR) is 60.2 cm³/mol. The lowest BCUT2D eigenvalue weighted by molar-refractivity contribution is 0.277. The van der Waals surface area contributed by atoms with Gasteiger partial charge in [-0.15, -0.1) is 0 Å². The summed E-state index contributed by atoms with van der Waals surface area (Å²) >= 11 is 3.35. The van der Waals surface area contributed by atoms with Crippen molar-refractivity contribution in [2.45, 2.75) is 13.5 Å². The summed E-state index contributed by atoms with van der Waals surface area (Å²) in [5.74, 6) is 0.684. The second kappa shape index (κ2) is 4.12. The van der Waals surface area contributed by atoms with E-state index in [1.807, 2.05) is 13.0 Å². The van der Waals surface area contributed by atoms with Gasteiger partial charge in [-0.3, -0.25) is 4.98 Å². The van der Waals surface area contributed by atoms with Crippen molar-refractivity contribution in [1.29, 1.82) is 0 Å². The third-order valence-corrected chi connectivity index (χ3v) is 2.50. The van der Waals surface area contributed by atoms with E-state index < -0.39 is 0 Å². The summed E-state index contributed by atoms with van der Waals surface area (Å²) in [4.78, 5) is 11.4. The van der Waals surface area contributed by atoms with Crippen LogP contribution in [0.25, 0.3) is 11.5 Å². The normalized spacial score (nSPS) is 10.6. The summed E-state index contributed by atoms with van der Waals surface area (Å²) in [5, 5.41) is 8.91. The summed E-state index contributed by atoms with van der Waals surface area (Å²) in [6.45, 7) is 1.93. The quantitative estimate of drug-likeness (QED) is 0.876. The van der Waals surface area contributed by atoms with Crippen LogP contribution in [-0.2, 0) is 6.61 Å². The zero-order chi connectivity index (χ0) is 10.8. The first-order valence-electron chi connectivity index (χ1n) is 4.48. The van der Waals surface area contributed by atoms with Crippen LogP contribution in [0.3, 0.4) is 0 Å². The van der Waals surface area contributed by atoms with E-state index in [4.69, 9.17) is 5.11 Å². The van der Waals surface area contributed by atoms with Gasteiger partial charge in [0, 0.05) is 10.7 Å².